The third kappa shape index (κ3) is 1.68. The summed E-state index contributed by atoms with van der Waals surface area (Å²) in [6, 6.07) is 6.28. The van der Waals surface area contributed by atoms with E-state index in [0.717, 1.165) is 18.2 Å². The van der Waals surface area contributed by atoms with Crippen molar-refractivity contribution < 1.29 is 0 Å². The molecule has 70 valence electrons. The molecule has 0 bridgehead atoms. The predicted molar refractivity (Wildman–Crippen MR) is 55.7 cm³/mol. The molecule has 0 saturated carbocycles. The lowest BCUT2D eigenvalue weighted by Gasteiger charge is -2.05. The molecule has 0 amide bonds. The molecule has 0 fully saturated rings. The minimum atomic E-state index is 0.766. The second kappa shape index (κ2) is 3.38. The van der Waals surface area contributed by atoms with Crippen molar-refractivity contribution in [2.24, 2.45) is 5.92 Å². The van der Waals surface area contributed by atoms with Crippen LogP contribution < -0.4 is 11.1 Å². The number of rotatable bonds is 2. The van der Waals surface area contributed by atoms with Crippen molar-refractivity contribution in [1.82, 2.24) is 5.32 Å². The molecule has 1 aromatic carbocycles. The summed E-state index contributed by atoms with van der Waals surface area (Å²) >= 11 is 0. The van der Waals surface area contributed by atoms with Gasteiger partial charge in [-0.15, -0.1) is 0 Å². The number of nitrogens with one attached hydrogen (secondary N) is 1. The van der Waals surface area contributed by atoms with Crippen LogP contribution in [0.25, 0.3) is 0 Å². The first-order valence-corrected chi connectivity index (χ1v) is 4.81. The van der Waals surface area contributed by atoms with Crippen molar-refractivity contribution in [1.29, 1.82) is 0 Å². The van der Waals surface area contributed by atoms with E-state index in [-0.39, 0.29) is 0 Å². The van der Waals surface area contributed by atoms with Crippen LogP contribution in [-0.2, 0) is 12.8 Å². The normalized spacial score (nSPS) is 20.2. The molecule has 1 aliphatic rings. The zero-order valence-corrected chi connectivity index (χ0v) is 8.01. The van der Waals surface area contributed by atoms with Crippen LogP contribution in [0, 0.1) is 5.92 Å². The Bertz CT molecular complexity index is 307. The van der Waals surface area contributed by atoms with Crippen LogP contribution >= 0.6 is 0 Å². The zero-order valence-electron chi connectivity index (χ0n) is 8.01. The molecule has 1 unspecified atom stereocenters. The Kier molecular flexibility index (Phi) is 2.23. The molecule has 2 heteroatoms. The number of anilines is 1. The van der Waals surface area contributed by atoms with Crippen molar-refractivity contribution in [2.45, 2.75) is 12.8 Å². The van der Waals surface area contributed by atoms with Gasteiger partial charge in [-0.25, -0.2) is 0 Å². The van der Waals surface area contributed by atoms with Gasteiger partial charge in [0.25, 0.3) is 0 Å². The molecule has 0 aromatic heterocycles. The van der Waals surface area contributed by atoms with Gasteiger partial charge in [0.05, 0.1) is 0 Å². The molecule has 0 spiro atoms. The average molecular weight is 176 g/mol. The standard InChI is InChI=1S/C11H16N2/c1-13-7-8-4-9-2-3-11(12)6-10(9)5-8/h2-3,6,8,13H,4-5,7,12H2,1H3. The summed E-state index contributed by atoms with van der Waals surface area (Å²) in [5.74, 6) is 0.766. The van der Waals surface area contributed by atoms with Gasteiger partial charge in [0.1, 0.15) is 0 Å². The first-order valence-electron chi connectivity index (χ1n) is 4.81. The van der Waals surface area contributed by atoms with E-state index in [4.69, 9.17) is 5.73 Å². The minimum Gasteiger partial charge on any atom is -0.399 e. The lowest BCUT2D eigenvalue weighted by atomic mass is 10.1. The van der Waals surface area contributed by atoms with E-state index >= 15 is 0 Å². The van der Waals surface area contributed by atoms with Crippen molar-refractivity contribution in [2.75, 3.05) is 19.3 Å². The summed E-state index contributed by atoms with van der Waals surface area (Å²) in [6.07, 6.45) is 2.39. The van der Waals surface area contributed by atoms with Crippen LogP contribution in [0.2, 0.25) is 0 Å². The third-order valence-corrected chi connectivity index (χ3v) is 2.74. The van der Waals surface area contributed by atoms with Crippen LogP contribution in [0.15, 0.2) is 18.2 Å². The average Bonchev–Trinajstić information content (AvgIpc) is 2.46. The highest BCUT2D eigenvalue weighted by atomic mass is 14.8. The fourth-order valence-electron chi connectivity index (χ4n) is 2.16. The van der Waals surface area contributed by atoms with Crippen molar-refractivity contribution in [3.05, 3.63) is 29.3 Å². The monoisotopic (exact) mass is 176 g/mol. The van der Waals surface area contributed by atoms with Gasteiger partial charge >= 0.3 is 0 Å². The SMILES string of the molecule is CNCC1Cc2ccc(N)cc2C1. The molecule has 0 radical (unpaired) electrons. The van der Waals surface area contributed by atoms with Crippen LogP contribution in [0.5, 0.6) is 0 Å². The number of hydrogen-bond donors (Lipinski definition) is 2. The maximum atomic E-state index is 5.73. The van der Waals surface area contributed by atoms with Crippen LogP contribution in [0.4, 0.5) is 5.69 Å². The Labute approximate surface area is 79.1 Å². The lowest BCUT2D eigenvalue weighted by molar-refractivity contribution is 0.526. The van der Waals surface area contributed by atoms with Gasteiger partial charge in [-0.1, -0.05) is 6.07 Å². The maximum Gasteiger partial charge on any atom is 0.0316 e. The second-order valence-corrected chi connectivity index (χ2v) is 3.86. The Morgan fingerprint density at radius 3 is 2.92 bits per heavy atom. The summed E-state index contributed by atoms with van der Waals surface area (Å²) < 4.78 is 0. The van der Waals surface area contributed by atoms with E-state index in [0.29, 0.717) is 0 Å². The summed E-state index contributed by atoms with van der Waals surface area (Å²) in [5.41, 5.74) is 9.55. The summed E-state index contributed by atoms with van der Waals surface area (Å²) in [7, 11) is 2.01. The van der Waals surface area contributed by atoms with E-state index in [1.54, 1.807) is 0 Å². The van der Waals surface area contributed by atoms with Gasteiger partial charge in [-0.2, -0.15) is 0 Å². The molecule has 1 aromatic rings. The predicted octanol–water partition coefficient (Wildman–Crippen LogP) is 1.20. The van der Waals surface area contributed by atoms with Gasteiger partial charge in [-0.05, 0) is 55.6 Å². The van der Waals surface area contributed by atoms with Gasteiger partial charge in [0.15, 0.2) is 0 Å². The first kappa shape index (κ1) is 8.57. The van der Waals surface area contributed by atoms with Crippen molar-refractivity contribution in [3.63, 3.8) is 0 Å². The molecule has 3 N–H and O–H groups in total. The summed E-state index contributed by atoms with van der Waals surface area (Å²) in [4.78, 5) is 0. The molecule has 1 aliphatic carbocycles. The number of nitrogen functional groups attached to an aromatic ring is 1. The van der Waals surface area contributed by atoms with Gasteiger partial charge < -0.3 is 11.1 Å². The summed E-state index contributed by atoms with van der Waals surface area (Å²) in [6.45, 7) is 1.11. The first-order chi connectivity index (χ1) is 6.29. The summed E-state index contributed by atoms with van der Waals surface area (Å²) in [5, 5.41) is 3.23. The Morgan fingerprint density at radius 1 is 1.38 bits per heavy atom. The molecule has 2 rings (SSSR count). The highest BCUT2D eigenvalue weighted by Gasteiger charge is 2.20. The third-order valence-electron chi connectivity index (χ3n) is 2.74. The van der Waals surface area contributed by atoms with Crippen molar-refractivity contribution >= 4 is 5.69 Å². The van der Waals surface area contributed by atoms with E-state index in [2.05, 4.69) is 17.4 Å². The molecule has 1 atom stereocenters. The molecule has 0 saturated heterocycles. The van der Waals surface area contributed by atoms with Crippen LogP contribution in [0.1, 0.15) is 11.1 Å². The Balaban J connectivity index is 2.16. The second-order valence-electron chi connectivity index (χ2n) is 3.86. The Hall–Kier alpha value is -1.02. The van der Waals surface area contributed by atoms with Crippen molar-refractivity contribution in [3.8, 4) is 0 Å². The Morgan fingerprint density at radius 2 is 2.15 bits per heavy atom. The zero-order chi connectivity index (χ0) is 9.26. The van der Waals surface area contributed by atoms with Gasteiger partial charge in [0.2, 0.25) is 0 Å². The van der Waals surface area contributed by atoms with E-state index in [1.807, 2.05) is 13.1 Å². The number of benzene rings is 1. The molecule has 0 heterocycles. The smallest absolute Gasteiger partial charge is 0.0316 e. The quantitative estimate of drug-likeness (QED) is 0.665. The maximum absolute atomic E-state index is 5.73. The molecule has 2 nitrogen and oxygen atoms in total. The number of hydrogen-bond acceptors (Lipinski definition) is 2. The number of nitrogens with two attached hydrogens (primary N) is 1. The van der Waals surface area contributed by atoms with E-state index in [1.165, 1.54) is 24.0 Å². The van der Waals surface area contributed by atoms with Crippen LogP contribution in [-0.4, -0.2) is 13.6 Å². The molecule has 0 aliphatic heterocycles. The highest BCUT2D eigenvalue weighted by molar-refractivity contribution is 5.46. The largest absolute Gasteiger partial charge is 0.399 e. The lowest BCUT2D eigenvalue weighted by Crippen LogP contribution is -2.18. The molecular weight excluding hydrogens is 160 g/mol. The van der Waals surface area contributed by atoms with Crippen LogP contribution in [0.3, 0.4) is 0 Å². The molecule has 13 heavy (non-hydrogen) atoms. The fraction of sp³-hybridized carbons (Fsp3) is 0.455. The van der Waals surface area contributed by atoms with E-state index < -0.39 is 0 Å². The van der Waals surface area contributed by atoms with Gasteiger partial charge in [-0.3, -0.25) is 0 Å². The fourth-order valence-corrected chi connectivity index (χ4v) is 2.16. The minimum absolute atomic E-state index is 0.766. The molecular formula is C11H16N2. The highest BCUT2D eigenvalue weighted by Crippen LogP contribution is 2.27. The topological polar surface area (TPSA) is 38.0 Å². The number of fused-ring (bicyclic) bond motifs is 1. The van der Waals surface area contributed by atoms with E-state index in [9.17, 15) is 0 Å². The van der Waals surface area contributed by atoms with Gasteiger partial charge in [0, 0.05) is 5.69 Å².